The summed E-state index contributed by atoms with van der Waals surface area (Å²) in [7, 11) is 0. The molecule has 3 aromatic heterocycles. The zero-order valence-corrected chi connectivity index (χ0v) is 21.8. The molecule has 10 heteroatoms. The van der Waals surface area contributed by atoms with E-state index in [1.165, 1.54) is 22.1 Å². The normalized spacial score (nSPS) is 16.0. The van der Waals surface area contributed by atoms with E-state index in [0.29, 0.717) is 23.6 Å². The maximum Gasteiger partial charge on any atom is 0.233 e. The van der Waals surface area contributed by atoms with Crippen LogP contribution >= 0.6 is 22.6 Å². The maximum atomic E-state index is 4.80. The van der Waals surface area contributed by atoms with E-state index in [0.717, 1.165) is 43.3 Å². The first-order valence-electron chi connectivity index (χ1n) is 12.1. The van der Waals surface area contributed by atoms with Crippen molar-refractivity contribution >= 4 is 58.1 Å². The first-order chi connectivity index (χ1) is 17.7. The van der Waals surface area contributed by atoms with Gasteiger partial charge in [-0.2, -0.15) is 20.1 Å². The zero-order valence-electron chi connectivity index (χ0n) is 19.7. The Morgan fingerprint density at radius 3 is 2.50 bits per heavy atom. The fourth-order valence-corrected chi connectivity index (χ4v) is 4.84. The number of aromatic nitrogens is 6. The topological polar surface area (TPSA) is 98.8 Å². The van der Waals surface area contributed by atoms with Crippen LogP contribution in [-0.2, 0) is 0 Å². The van der Waals surface area contributed by atoms with E-state index in [-0.39, 0.29) is 0 Å². The van der Waals surface area contributed by atoms with Crippen LogP contribution in [0.1, 0.15) is 35.8 Å². The number of benzene rings is 1. The Hall–Kier alpha value is -3.54. The van der Waals surface area contributed by atoms with Gasteiger partial charge in [0.05, 0.1) is 0 Å². The number of hydrogen-bond acceptors (Lipinski definition) is 8. The lowest BCUT2D eigenvalue weighted by molar-refractivity contribution is 0.638. The second kappa shape index (κ2) is 10.2. The molecule has 0 radical (unpaired) electrons. The predicted molar refractivity (Wildman–Crippen MR) is 150 cm³/mol. The van der Waals surface area contributed by atoms with Crippen molar-refractivity contribution < 1.29 is 0 Å². The van der Waals surface area contributed by atoms with Crippen molar-refractivity contribution in [2.75, 3.05) is 41.3 Å². The summed E-state index contributed by atoms with van der Waals surface area (Å²) in [5, 5.41) is 10.8. The van der Waals surface area contributed by atoms with E-state index in [1.54, 1.807) is 0 Å². The lowest BCUT2D eigenvalue weighted by atomic mass is 10.2. The summed E-state index contributed by atoms with van der Waals surface area (Å²) in [6.07, 6.45) is 10.1. The molecule has 36 heavy (non-hydrogen) atoms. The molecule has 1 aliphatic heterocycles. The molecule has 0 spiro atoms. The quantitative estimate of drug-likeness (QED) is 0.299. The summed E-state index contributed by atoms with van der Waals surface area (Å²) in [4.78, 5) is 22.9. The largest absolute Gasteiger partial charge is 0.368 e. The van der Waals surface area contributed by atoms with Gasteiger partial charge in [-0.1, -0.05) is 18.2 Å². The third-order valence-electron chi connectivity index (χ3n) is 6.36. The van der Waals surface area contributed by atoms with Gasteiger partial charge in [0.25, 0.3) is 0 Å². The predicted octanol–water partition coefficient (Wildman–Crippen LogP) is 4.71. The molecule has 2 aliphatic rings. The number of nitrogens with one attached hydrogen (secondary N) is 2. The van der Waals surface area contributed by atoms with Gasteiger partial charge in [0.15, 0.2) is 11.6 Å². The lowest BCUT2D eigenvalue weighted by Crippen LogP contribution is -2.47. The minimum atomic E-state index is 0.493. The number of H-pyrrole nitrogens is 1. The van der Waals surface area contributed by atoms with Crippen LogP contribution in [-0.4, -0.2) is 56.3 Å². The summed E-state index contributed by atoms with van der Waals surface area (Å²) in [5.41, 5.74) is 3.46. The first kappa shape index (κ1) is 22.9. The molecule has 2 N–H and O–H groups in total. The average Bonchev–Trinajstić information content (AvgIpc) is 3.67. The molecule has 2 fully saturated rings. The SMILES string of the molecule is Ic1cccc(/C=C/c2nc(Nc3cc(C4CC4)[nH]n3)nc(N3CCN(c4ccncc4)CC3)n2)c1. The van der Waals surface area contributed by atoms with Crippen LogP contribution in [0.4, 0.5) is 23.4 Å². The maximum absolute atomic E-state index is 4.80. The Kier molecular flexibility index (Phi) is 6.50. The van der Waals surface area contributed by atoms with E-state index in [2.05, 4.69) is 82.1 Å². The van der Waals surface area contributed by atoms with Crippen molar-refractivity contribution in [1.82, 2.24) is 30.1 Å². The summed E-state index contributed by atoms with van der Waals surface area (Å²) in [6, 6.07) is 14.5. The highest BCUT2D eigenvalue weighted by atomic mass is 127. The molecular formula is C26H26IN9. The van der Waals surface area contributed by atoms with Crippen LogP contribution in [0.25, 0.3) is 12.2 Å². The second-order valence-corrected chi connectivity index (χ2v) is 10.2. The Morgan fingerprint density at radius 1 is 0.917 bits per heavy atom. The number of piperazine rings is 1. The van der Waals surface area contributed by atoms with Gasteiger partial charge in [-0.3, -0.25) is 10.1 Å². The minimum Gasteiger partial charge on any atom is -0.368 e. The molecule has 4 aromatic rings. The minimum absolute atomic E-state index is 0.493. The van der Waals surface area contributed by atoms with Gasteiger partial charge in [-0.15, -0.1) is 0 Å². The number of pyridine rings is 1. The average molecular weight is 591 g/mol. The monoisotopic (exact) mass is 591 g/mol. The van der Waals surface area contributed by atoms with Crippen molar-refractivity contribution in [3.8, 4) is 0 Å². The molecular weight excluding hydrogens is 565 g/mol. The smallest absolute Gasteiger partial charge is 0.233 e. The number of nitrogens with zero attached hydrogens (tertiary/aromatic N) is 7. The van der Waals surface area contributed by atoms with Gasteiger partial charge >= 0.3 is 0 Å². The molecule has 0 atom stereocenters. The summed E-state index contributed by atoms with van der Waals surface area (Å²) >= 11 is 2.32. The van der Waals surface area contributed by atoms with Crippen molar-refractivity contribution in [1.29, 1.82) is 0 Å². The molecule has 1 aliphatic carbocycles. The molecule has 9 nitrogen and oxygen atoms in total. The van der Waals surface area contributed by atoms with Gasteiger partial charge in [0.1, 0.15) is 0 Å². The number of halogens is 1. The lowest BCUT2D eigenvalue weighted by Gasteiger charge is -2.36. The third-order valence-corrected chi connectivity index (χ3v) is 7.03. The van der Waals surface area contributed by atoms with Crippen LogP contribution in [0.15, 0.2) is 54.9 Å². The van der Waals surface area contributed by atoms with Crippen molar-refractivity contribution in [2.24, 2.45) is 0 Å². The highest BCUT2D eigenvalue weighted by Gasteiger charge is 2.26. The molecule has 182 valence electrons. The first-order valence-corrected chi connectivity index (χ1v) is 13.2. The van der Waals surface area contributed by atoms with Crippen LogP contribution in [0.5, 0.6) is 0 Å². The fourth-order valence-electron chi connectivity index (χ4n) is 4.27. The van der Waals surface area contributed by atoms with Crippen molar-refractivity contribution in [3.63, 3.8) is 0 Å². The van der Waals surface area contributed by atoms with E-state index < -0.39 is 0 Å². The van der Waals surface area contributed by atoms with Crippen molar-refractivity contribution in [3.05, 3.63) is 75.5 Å². The number of hydrogen-bond donors (Lipinski definition) is 2. The number of aromatic amines is 1. The molecule has 0 bridgehead atoms. The van der Waals surface area contributed by atoms with Crippen LogP contribution in [0.3, 0.4) is 0 Å². The van der Waals surface area contributed by atoms with Crippen molar-refractivity contribution in [2.45, 2.75) is 18.8 Å². The van der Waals surface area contributed by atoms with E-state index in [9.17, 15) is 0 Å². The Bertz CT molecular complexity index is 1360. The molecule has 1 aromatic carbocycles. The van der Waals surface area contributed by atoms with Gasteiger partial charge in [0, 0.05) is 65.5 Å². The van der Waals surface area contributed by atoms with E-state index in [4.69, 9.17) is 9.97 Å². The Labute approximate surface area is 223 Å². The molecule has 6 rings (SSSR count). The van der Waals surface area contributed by atoms with Gasteiger partial charge in [-0.05, 0) is 71.3 Å². The molecule has 0 amide bonds. The second-order valence-electron chi connectivity index (χ2n) is 8.99. The number of anilines is 4. The van der Waals surface area contributed by atoms with Crippen LogP contribution in [0.2, 0.25) is 0 Å². The third kappa shape index (κ3) is 5.48. The standard InChI is InChI=1S/C26H26IN9/c27-20-3-1-2-18(16-20)4-7-23-29-25(30-24-17-22(33-34-24)19-5-6-19)32-26(31-23)36-14-12-35(13-15-36)21-8-10-28-11-9-21/h1-4,7-11,16-17,19H,5-6,12-15H2,(H2,29,30,31,32,33,34)/b7-4+. The van der Waals surface area contributed by atoms with E-state index >= 15 is 0 Å². The zero-order chi connectivity index (χ0) is 24.3. The van der Waals surface area contributed by atoms with Gasteiger partial charge in [-0.25, -0.2) is 0 Å². The Morgan fingerprint density at radius 2 is 1.72 bits per heavy atom. The van der Waals surface area contributed by atoms with Crippen LogP contribution in [0, 0.1) is 3.57 Å². The summed E-state index contributed by atoms with van der Waals surface area (Å²) in [6.45, 7) is 3.41. The highest BCUT2D eigenvalue weighted by Crippen LogP contribution is 2.39. The highest BCUT2D eigenvalue weighted by molar-refractivity contribution is 14.1. The molecule has 1 saturated carbocycles. The van der Waals surface area contributed by atoms with Crippen LogP contribution < -0.4 is 15.1 Å². The Balaban J connectivity index is 1.24. The van der Waals surface area contributed by atoms with E-state index in [1.807, 2.05) is 42.7 Å². The van der Waals surface area contributed by atoms with Gasteiger partial charge in [0.2, 0.25) is 11.9 Å². The number of rotatable bonds is 7. The summed E-state index contributed by atoms with van der Waals surface area (Å²) in [5.74, 6) is 3.10. The molecule has 0 unspecified atom stereocenters. The fraction of sp³-hybridized carbons (Fsp3) is 0.269. The van der Waals surface area contributed by atoms with Gasteiger partial charge < -0.3 is 15.1 Å². The summed E-state index contributed by atoms with van der Waals surface area (Å²) < 4.78 is 1.19. The molecule has 4 heterocycles. The molecule has 1 saturated heterocycles.